The number of aromatic nitrogens is 1. The van der Waals surface area contributed by atoms with Crippen LogP contribution in [0.5, 0.6) is 0 Å². The largest absolute Gasteiger partial charge is 0.418 e. The smallest absolute Gasteiger partial charge is 0.385 e. The third kappa shape index (κ3) is 2.37. The van der Waals surface area contributed by atoms with Crippen LogP contribution in [0, 0.1) is 17.1 Å². The lowest BCUT2D eigenvalue weighted by Gasteiger charge is -2.11. The van der Waals surface area contributed by atoms with Crippen molar-refractivity contribution in [2.75, 3.05) is 0 Å². The van der Waals surface area contributed by atoms with Crippen molar-refractivity contribution in [3.8, 4) is 11.8 Å². The molecule has 8 heteroatoms. The highest BCUT2D eigenvalue weighted by molar-refractivity contribution is 5.50. The molecule has 0 fully saturated rings. The van der Waals surface area contributed by atoms with Gasteiger partial charge in [0.2, 0.25) is 0 Å². The van der Waals surface area contributed by atoms with Crippen LogP contribution in [0.1, 0.15) is 28.5 Å². The second-order valence-corrected chi connectivity index (χ2v) is 5.21. The van der Waals surface area contributed by atoms with Crippen LogP contribution in [0.25, 0.3) is 5.69 Å². The third-order valence-corrected chi connectivity index (χ3v) is 3.83. The Kier molecular flexibility index (Phi) is 3.41. The maximum atomic E-state index is 13.7. The number of nitriles is 1. The SMILES string of the molecule is N#Cc1cc(-n2cc(C(F)(F)F)c3c2CC(F)C3O)ccc1F. The van der Waals surface area contributed by atoms with Gasteiger partial charge in [-0.1, -0.05) is 0 Å². The Hall–Kier alpha value is -2.40. The minimum atomic E-state index is -4.77. The van der Waals surface area contributed by atoms with Crippen LogP contribution < -0.4 is 0 Å². The van der Waals surface area contributed by atoms with Gasteiger partial charge in [-0.25, -0.2) is 8.78 Å². The van der Waals surface area contributed by atoms with E-state index in [-0.39, 0.29) is 16.9 Å². The summed E-state index contributed by atoms with van der Waals surface area (Å²) in [7, 11) is 0. The molecule has 3 nitrogen and oxygen atoms in total. The Balaban J connectivity index is 2.23. The van der Waals surface area contributed by atoms with Crippen LogP contribution in [-0.2, 0) is 12.6 Å². The minimum Gasteiger partial charge on any atom is -0.385 e. The first kappa shape index (κ1) is 15.5. The van der Waals surface area contributed by atoms with Crippen LogP contribution in [0.2, 0.25) is 0 Å². The van der Waals surface area contributed by atoms with Gasteiger partial charge in [0.15, 0.2) is 0 Å². The lowest BCUT2D eigenvalue weighted by molar-refractivity contribution is -0.139. The van der Waals surface area contributed by atoms with Gasteiger partial charge in [0.1, 0.15) is 24.2 Å². The average molecular weight is 328 g/mol. The number of hydrogen-bond acceptors (Lipinski definition) is 2. The van der Waals surface area contributed by atoms with Gasteiger partial charge < -0.3 is 9.67 Å². The summed E-state index contributed by atoms with van der Waals surface area (Å²) >= 11 is 0. The van der Waals surface area contributed by atoms with Crippen LogP contribution in [0.3, 0.4) is 0 Å². The minimum absolute atomic E-state index is 0.0344. The Labute approximate surface area is 127 Å². The molecule has 2 aromatic rings. The average Bonchev–Trinajstić information content (AvgIpc) is 2.98. The zero-order valence-electron chi connectivity index (χ0n) is 11.4. The Morgan fingerprint density at radius 1 is 1.30 bits per heavy atom. The van der Waals surface area contributed by atoms with Crippen molar-refractivity contribution in [3.63, 3.8) is 0 Å². The van der Waals surface area contributed by atoms with E-state index in [9.17, 15) is 27.1 Å². The number of fused-ring (bicyclic) bond motifs is 1. The molecule has 1 aromatic heterocycles. The number of benzene rings is 1. The first-order valence-electron chi connectivity index (χ1n) is 6.57. The molecule has 0 aliphatic heterocycles. The van der Waals surface area contributed by atoms with Crippen molar-refractivity contribution in [2.24, 2.45) is 0 Å². The Morgan fingerprint density at radius 2 is 2.00 bits per heavy atom. The number of aliphatic hydroxyl groups is 1. The van der Waals surface area contributed by atoms with Gasteiger partial charge in [0.25, 0.3) is 0 Å². The standard InChI is InChI=1S/C15H9F5N2O/c16-10-2-1-8(3-7(10)5-21)22-6-9(15(18,19)20)13-12(22)4-11(17)14(13)23/h1-3,6,11,14,23H,4H2. The van der Waals surface area contributed by atoms with Crippen LogP contribution in [-0.4, -0.2) is 15.8 Å². The van der Waals surface area contributed by atoms with Gasteiger partial charge in [-0.3, -0.25) is 0 Å². The number of halogens is 5. The molecule has 0 radical (unpaired) electrons. The highest BCUT2D eigenvalue weighted by Crippen LogP contribution is 2.44. The molecule has 23 heavy (non-hydrogen) atoms. The molecule has 120 valence electrons. The fourth-order valence-corrected chi connectivity index (χ4v) is 2.78. The number of rotatable bonds is 1. The molecule has 0 saturated carbocycles. The summed E-state index contributed by atoms with van der Waals surface area (Å²) in [5.41, 5.74) is -1.92. The molecule has 0 bridgehead atoms. The Bertz CT molecular complexity index is 818. The van der Waals surface area contributed by atoms with Gasteiger partial charge in [0.05, 0.1) is 11.1 Å². The van der Waals surface area contributed by atoms with Crippen molar-refractivity contribution in [2.45, 2.75) is 24.9 Å². The summed E-state index contributed by atoms with van der Waals surface area (Å²) in [4.78, 5) is 0. The molecule has 1 heterocycles. The quantitative estimate of drug-likeness (QED) is 0.815. The van der Waals surface area contributed by atoms with E-state index < -0.39 is 41.8 Å². The van der Waals surface area contributed by atoms with E-state index in [2.05, 4.69) is 0 Å². The van der Waals surface area contributed by atoms with Crippen molar-refractivity contribution < 1.29 is 27.1 Å². The second-order valence-electron chi connectivity index (χ2n) is 5.21. The predicted octanol–water partition coefficient (Wildman–Crippen LogP) is 3.43. The van der Waals surface area contributed by atoms with E-state index in [0.717, 1.165) is 22.9 Å². The van der Waals surface area contributed by atoms with Gasteiger partial charge in [0, 0.05) is 29.6 Å². The molecule has 1 aliphatic carbocycles. The first-order chi connectivity index (χ1) is 10.7. The molecular weight excluding hydrogens is 319 g/mol. The summed E-state index contributed by atoms with van der Waals surface area (Å²) in [6.07, 6.45) is -8.14. The van der Waals surface area contributed by atoms with Crippen molar-refractivity contribution in [3.05, 3.63) is 52.6 Å². The van der Waals surface area contributed by atoms with E-state index in [1.807, 2.05) is 0 Å². The maximum Gasteiger partial charge on any atom is 0.418 e. The maximum absolute atomic E-state index is 13.7. The normalized spacial score (nSPS) is 20.4. The molecule has 2 atom stereocenters. The molecule has 3 rings (SSSR count). The molecule has 0 amide bonds. The van der Waals surface area contributed by atoms with Crippen molar-refractivity contribution in [1.82, 2.24) is 4.57 Å². The van der Waals surface area contributed by atoms with Crippen LogP contribution >= 0.6 is 0 Å². The lowest BCUT2D eigenvalue weighted by atomic mass is 10.1. The van der Waals surface area contributed by atoms with Crippen molar-refractivity contribution >= 4 is 0 Å². The fraction of sp³-hybridized carbons (Fsp3) is 0.267. The molecule has 1 N–H and O–H groups in total. The Morgan fingerprint density at radius 3 is 2.61 bits per heavy atom. The van der Waals surface area contributed by atoms with E-state index in [1.165, 1.54) is 6.07 Å². The topological polar surface area (TPSA) is 49.0 Å². The summed E-state index contributed by atoms with van der Waals surface area (Å²) in [5.74, 6) is -0.806. The number of nitrogens with zero attached hydrogens (tertiary/aromatic N) is 2. The monoisotopic (exact) mass is 328 g/mol. The second kappa shape index (κ2) is 5.06. The predicted molar refractivity (Wildman–Crippen MR) is 69.0 cm³/mol. The zero-order chi connectivity index (χ0) is 16.9. The van der Waals surface area contributed by atoms with E-state index in [1.54, 1.807) is 6.07 Å². The van der Waals surface area contributed by atoms with Crippen LogP contribution in [0.4, 0.5) is 22.0 Å². The fourth-order valence-electron chi connectivity index (χ4n) is 2.78. The number of alkyl halides is 4. The molecule has 2 unspecified atom stereocenters. The molecule has 1 aliphatic rings. The van der Waals surface area contributed by atoms with Gasteiger partial charge in [-0.2, -0.15) is 18.4 Å². The van der Waals surface area contributed by atoms with E-state index >= 15 is 0 Å². The van der Waals surface area contributed by atoms with Crippen molar-refractivity contribution in [1.29, 1.82) is 5.26 Å². The summed E-state index contributed by atoms with van der Waals surface area (Å²) in [6, 6.07) is 4.81. The van der Waals surface area contributed by atoms with Gasteiger partial charge in [-0.05, 0) is 18.2 Å². The molecule has 0 spiro atoms. The molecule has 0 saturated heterocycles. The first-order valence-corrected chi connectivity index (χ1v) is 6.57. The van der Waals surface area contributed by atoms with Gasteiger partial charge >= 0.3 is 6.18 Å². The highest BCUT2D eigenvalue weighted by atomic mass is 19.4. The third-order valence-electron chi connectivity index (χ3n) is 3.83. The summed E-state index contributed by atoms with van der Waals surface area (Å²) in [6.45, 7) is 0. The summed E-state index contributed by atoms with van der Waals surface area (Å²) in [5, 5.41) is 18.5. The van der Waals surface area contributed by atoms with Crippen LogP contribution in [0.15, 0.2) is 24.4 Å². The lowest BCUT2D eigenvalue weighted by Crippen LogP contribution is -2.13. The number of hydrogen-bond donors (Lipinski definition) is 1. The van der Waals surface area contributed by atoms with E-state index in [0.29, 0.717) is 0 Å². The summed E-state index contributed by atoms with van der Waals surface area (Å²) < 4.78 is 67.5. The molecular formula is C15H9F5N2O. The van der Waals surface area contributed by atoms with E-state index in [4.69, 9.17) is 5.26 Å². The zero-order valence-corrected chi connectivity index (χ0v) is 11.4. The van der Waals surface area contributed by atoms with Gasteiger partial charge in [-0.15, -0.1) is 0 Å². The molecule has 1 aromatic carbocycles. The highest BCUT2D eigenvalue weighted by Gasteiger charge is 2.44. The number of aliphatic hydroxyl groups excluding tert-OH is 1.